The van der Waals surface area contributed by atoms with Crippen LogP contribution < -0.4 is 0 Å². The highest BCUT2D eigenvalue weighted by atomic mass is 32.1. The molecule has 1 aromatic carbocycles. The summed E-state index contributed by atoms with van der Waals surface area (Å²) in [7, 11) is 0. The van der Waals surface area contributed by atoms with Gasteiger partial charge in [-0.3, -0.25) is 4.79 Å². The predicted octanol–water partition coefficient (Wildman–Crippen LogP) is 3.85. The summed E-state index contributed by atoms with van der Waals surface area (Å²) in [5.41, 5.74) is 0.151. The van der Waals surface area contributed by atoms with E-state index in [0.29, 0.717) is 19.7 Å². The molecule has 0 saturated carbocycles. The van der Waals surface area contributed by atoms with Crippen LogP contribution in [0.3, 0.4) is 0 Å². The van der Waals surface area contributed by atoms with Gasteiger partial charge in [0.1, 0.15) is 0 Å². The second-order valence-corrected chi connectivity index (χ2v) is 6.56. The van der Waals surface area contributed by atoms with Crippen molar-refractivity contribution in [3.63, 3.8) is 0 Å². The third-order valence-electron chi connectivity index (χ3n) is 3.83. The molecule has 0 aliphatic carbocycles. The van der Waals surface area contributed by atoms with Gasteiger partial charge in [-0.05, 0) is 42.5 Å². The number of amides is 1. The molecule has 1 saturated heterocycles. The number of hydrogen-bond donors (Lipinski definition) is 0. The normalized spacial score (nSPS) is 17.4. The monoisotopic (exact) mass is 337 g/mol. The molecule has 6 heteroatoms. The van der Waals surface area contributed by atoms with Gasteiger partial charge in [0.15, 0.2) is 11.6 Å². The Bertz CT molecular complexity index is 669. The number of halogens is 2. The van der Waals surface area contributed by atoms with Gasteiger partial charge in [-0.1, -0.05) is 6.07 Å². The molecule has 1 fully saturated rings. The fourth-order valence-corrected chi connectivity index (χ4v) is 3.38. The van der Waals surface area contributed by atoms with Crippen molar-refractivity contribution >= 4 is 17.2 Å². The number of carbonyl (C=O) groups is 1. The summed E-state index contributed by atoms with van der Waals surface area (Å²) in [6, 6.07) is 7.13. The Labute approximate surface area is 137 Å². The van der Waals surface area contributed by atoms with Crippen LogP contribution in [0.1, 0.15) is 28.1 Å². The maximum Gasteiger partial charge on any atom is 0.254 e. The van der Waals surface area contributed by atoms with Gasteiger partial charge in [0.25, 0.3) is 5.91 Å². The first-order chi connectivity index (χ1) is 11.1. The predicted molar refractivity (Wildman–Crippen MR) is 84.4 cm³/mol. The molecular formula is C17H17F2NO2S. The van der Waals surface area contributed by atoms with Crippen LogP contribution in [0, 0.1) is 11.6 Å². The summed E-state index contributed by atoms with van der Waals surface area (Å²) in [4.78, 5) is 15.4. The molecule has 3 nitrogen and oxygen atoms in total. The van der Waals surface area contributed by atoms with Crippen molar-refractivity contribution in [3.05, 3.63) is 57.8 Å². The Hall–Kier alpha value is -1.79. The molecule has 1 aliphatic heterocycles. The Morgan fingerprint density at radius 1 is 1.30 bits per heavy atom. The molecule has 1 unspecified atom stereocenters. The summed E-state index contributed by atoms with van der Waals surface area (Å²) in [5.74, 6) is -2.28. The molecule has 1 aromatic heterocycles. The second-order valence-electron chi connectivity index (χ2n) is 5.53. The number of ether oxygens (including phenoxy) is 1. The molecule has 122 valence electrons. The Kier molecular flexibility index (Phi) is 5.03. The van der Waals surface area contributed by atoms with Gasteiger partial charge in [0.2, 0.25) is 0 Å². The number of nitrogens with zero attached hydrogens (tertiary/aromatic N) is 1. The van der Waals surface area contributed by atoms with Crippen LogP contribution >= 0.6 is 11.3 Å². The SMILES string of the molecule is O=C(c1ccc(F)c(F)c1)N(Cc1cccs1)CC1CCCO1. The van der Waals surface area contributed by atoms with Crippen LogP contribution in [0.2, 0.25) is 0 Å². The van der Waals surface area contributed by atoms with Crippen LogP contribution in [-0.2, 0) is 11.3 Å². The smallest absolute Gasteiger partial charge is 0.254 e. The molecule has 1 aliphatic rings. The zero-order valence-corrected chi connectivity index (χ0v) is 13.3. The number of rotatable bonds is 5. The molecule has 1 amide bonds. The average Bonchev–Trinajstić information content (AvgIpc) is 3.22. The second kappa shape index (κ2) is 7.19. The topological polar surface area (TPSA) is 29.5 Å². The van der Waals surface area contributed by atoms with E-state index in [1.807, 2.05) is 17.5 Å². The summed E-state index contributed by atoms with van der Waals surface area (Å²) < 4.78 is 32.1. The van der Waals surface area contributed by atoms with Gasteiger partial charge in [-0.15, -0.1) is 11.3 Å². The van der Waals surface area contributed by atoms with Crippen LogP contribution in [0.25, 0.3) is 0 Å². The Morgan fingerprint density at radius 3 is 2.83 bits per heavy atom. The van der Waals surface area contributed by atoms with E-state index in [1.165, 1.54) is 6.07 Å². The molecule has 0 radical (unpaired) electrons. The van der Waals surface area contributed by atoms with Gasteiger partial charge in [-0.25, -0.2) is 8.78 Å². The number of carbonyl (C=O) groups excluding carboxylic acids is 1. The fourth-order valence-electron chi connectivity index (χ4n) is 2.66. The number of thiophene rings is 1. The number of benzene rings is 1. The third-order valence-corrected chi connectivity index (χ3v) is 4.69. The first kappa shape index (κ1) is 16.1. The lowest BCUT2D eigenvalue weighted by Gasteiger charge is -2.25. The highest BCUT2D eigenvalue weighted by Gasteiger charge is 2.24. The van der Waals surface area contributed by atoms with Crippen molar-refractivity contribution in [1.82, 2.24) is 4.90 Å². The summed E-state index contributed by atoms with van der Waals surface area (Å²) in [6.07, 6.45) is 1.90. The van der Waals surface area contributed by atoms with Crippen molar-refractivity contribution in [2.45, 2.75) is 25.5 Å². The molecule has 2 aromatic rings. The lowest BCUT2D eigenvalue weighted by Crippen LogP contribution is -2.36. The standard InChI is InChI=1S/C17H17F2NO2S/c18-15-6-5-12(9-16(15)19)17(21)20(10-13-3-1-7-22-13)11-14-4-2-8-23-14/h2,4-6,8-9,13H,1,3,7,10-11H2. The molecule has 1 atom stereocenters. The highest BCUT2D eigenvalue weighted by molar-refractivity contribution is 7.09. The average molecular weight is 337 g/mol. The molecule has 2 heterocycles. The van der Waals surface area contributed by atoms with E-state index in [4.69, 9.17) is 4.74 Å². The molecule has 3 rings (SSSR count). The Balaban J connectivity index is 1.80. The van der Waals surface area contributed by atoms with Crippen molar-refractivity contribution < 1.29 is 18.3 Å². The fraction of sp³-hybridized carbons (Fsp3) is 0.353. The van der Waals surface area contributed by atoms with E-state index in [-0.39, 0.29) is 17.6 Å². The Morgan fingerprint density at radius 2 is 2.17 bits per heavy atom. The zero-order valence-electron chi connectivity index (χ0n) is 12.5. The van der Waals surface area contributed by atoms with Crippen LogP contribution in [-0.4, -0.2) is 30.1 Å². The largest absolute Gasteiger partial charge is 0.376 e. The minimum absolute atomic E-state index is 0.00390. The van der Waals surface area contributed by atoms with E-state index < -0.39 is 11.6 Å². The molecule has 0 bridgehead atoms. The van der Waals surface area contributed by atoms with Crippen molar-refractivity contribution in [3.8, 4) is 0 Å². The summed E-state index contributed by atoms with van der Waals surface area (Å²) in [5, 5.41) is 1.95. The lowest BCUT2D eigenvalue weighted by molar-refractivity contribution is 0.0509. The quantitative estimate of drug-likeness (QED) is 0.829. The van der Waals surface area contributed by atoms with Crippen molar-refractivity contribution in [1.29, 1.82) is 0 Å². The van der Waals surface area contributed by atoms with Gasteiger partial charge >= 0.3 is 0 Å². The van der Waals surface area contributed by atoms with Crippen LogP contribution in [0.4, 0.5) is 8.78 Å². The van der Waals surface area contributed by atoms with Crippen molar-refractivity contribution in [2.75, 3.05) is 13.2 Å². The zero-order chi connectivity index (χ0) is 16.2. The molecular weight excluding hydrogens is 320 g/mol. The minimum atomic E-state index is -1.01. The molecule has 0 spiro atoms. The van der Waals surface area contributed by atoms with Crippen LogP contribution in [0.15, 0.2) is 35.7 Å². The first-order valence-electron chi connectivity index (χ1n) is 7.52. The van der Waals surface area contributed by atoms with Crippen molar-refractivity contribution in [2.24, 2.45) is 0 Å². The summed E-state index contributed by atoms with van der Waals surface area (Å²) in [6.45, 7) is 1.60. The lowest BCUT2D eigenvalue weighted by atomic mass is 10.1. The van der Waals surface area contributed by atoms with Gasteiger partial charge < -0.3 is 9.64 Å². The van der Waals surface area contributed by atoms with E-state index in [9.17, 15) is 13.6 Å². The van der Waals surface area contributed by atoms with E-state index in [2.05, 4.69) is 0 Å². The van der Waals surface area contributed by atoms with E-state index >= 15 is 0 Å². The van der Waals surface area contributed by atoms with Gasteiger partial charge in [0.05, 0.1) is 12.6 Å². The summed E-state index contributed by atoms with van der Waals surface area (Å²) >= 11 is 1.56. The molecule has 23 heavy (non-hydrogen) atoms. The first-order valence-corrected chi connectivity index (χ1v) is 8.40. The number of hydrogen-bond acceptors (Lipinski definition) is 3. The third kappa shape index (κ3) is 3.95. The van der Waals surface area contributed by atoms with Gasteiger partial charge in [-0.2, -0.15) is 0 Å². The maximum absolute atomic E-state index is 13.4. The van der Waals surface area contributed by atoms with Crippen LogP contribution in [0.5, 0.6) is 0 Å². The van der Waals surface area contributed by atoms with Gasteiger partial charge in [0, 0.05) is 23.6 Å². The van der Waals surface area contributed by atoms with E-state index in [0.717, 1.165) is 29.9 Å². The van der Waals surface area contributed by atoms with E-state index in [1.54, 1.807) is 16.2 Å². The molecule has 0 N–H and O–H groups in total. The maximum atomic E-state index is 13.4. The highest BCUT2D eigenvalue weighted by Crippen LogP contribution is 2.20. The minimum Gasteiger partial charge on any atom is -0.376 e.